The van der Waals surface area contributed by atoms with Crippen LogP contribution in [-0.4, -0.2) is 31.5 Å². The second kappa shape index (κ2) is 4.67. The molecule has 1 saturated heterocycles. The minimum absolute atomic E-state index is 0.332. The summed E-state index contributed by atoms with van der Waals surface area (Å²) < 4.78 is 23.5. The molecular formula is C15H21BO4. The lowest BCUT2D eigenvalue weighted by Gasteiger charge is -2.32. The Balaban J connectivity index is 1.87. The van der Waals surface area contributed by atoms with Crippen LogP contribution in [0.2, 0.25) is 0 Å². The first-order valence-corrected chi connectivity index (χ1v) is 7.14. The molecular weight excluding hydrogens is 255 g/mol. The van der Waals surface area contributed by atoms with E-state index in [0.717, 1.165) is 23.4 Å². The Labute approximate surface area is 120 Å². The summed E-state index contributed by atoms with van der Waals surface area (Å²) in [5.41, 5.74) is 0.303. The molecule has 108 valence electrons. The Morgan fingerprint density at radius 3 is 2.15 bits per heavy atom. The Kier molecular flexibility index (Phi) is 3.22. The van der Waals surface area contributed by atoms with Crippen molar-refractivity contribution in [1.82, 2.24) is 0 Å². The number of rotatable bonds is 1. The lowest BCUT2D eigenvalue weighted by Crippen LogP contribution is -2.41. The zero-order valence-corrected chi connectivity index (χ0v) is 12.6. The predicted octanol–water partition coefficient (Wildman–Crippen LogP) is 2.15. The van der Waals surface area contributed by atoms with Crippen molar-refractivity contribution >= 4 is 12.6 Å². The molecule has 3 rings (SSSR count). The van der Waals surface area contributed by atoms with Crippen LogP contribution in [0.3, 0.4) is 0 Å². The SMILES string of the molecule is CC1(C)OB(c2ccc3c(c2)OCCCO3)OC1(C)C. The van der Waals surface area contributed by atoms with Gasteiger partial charge in [0.05, 0.1) is 24.4 Å². The molecule has 20 heavy (non-hydrogen) atoms. The molecule has 0 amide bonds. The molecule has 1 fully saturated rings. The third kappa shape index (κ3) is 2.29. The van der Waals surface area contributed by atoms with E-state index in [1.165, 1.54) is 0 Å². The smallest absolute Gasteiger partial charge is 0.490 e. The summed E-state index contributed by atoms with van der Waals surface area (Å²) in [6, 6.07) is 5.87. The van der Waals surface area contributed by atoms with Gasteiger partial charge in [0.15, 0.2) is 11.5 Å². The van der Waals surface area contributed by atoms with Gasteiger partial charge in [0.1, 0.15) is 0 Å². The van der Waals surface area contributed by atoms with Crippen LogP contribution in [0.1, 0.15) is 34.1 Å². The Hall–Kier alpha value is -1.20. The Morgan fingerprint density at radius 2 is 1.50 bits per heavy atom. The maximum atomic E-state index is 6.05. The second-order valence-electron chi connectivity index (χ2n) is 6.34. The standard InChI is InChI=1S/C15H21BO4/c1-14(2)15(3,4)20-16(19-14)11-6-7-12-13(10-11)18-9-5-8-17-12/h6-7,10H,5,8-9H2,1-4H3. The van der Waals surface area contributed by atoms with Crippen LogP contribution in [0.25, 0.3) is 0 Å². The van der Waals surface area contributed by atoms with E-state index in [2.05, 4.69) is 27.7 Å². The summed E-state index contributed by atoms with van der Waals surface area (Å²) in [6.45, 7) is 9.58. The van der Waals surface area contributed by atoms with Crippen LogP contribution in [-0.2, 0) is 9.31 Å². The van der Waals surface area contributed by atoms with E-state index in [0.29, 0.717) is 13.2 Å². The highest BCUT2D eigenvalue weighted by atomic mass is 16.7. The van der Waals surface area contributed by atoms with Crippen molar-refractivity contribution in [3.8, 4) is 11.5 Å². The van der Waals surface area contributed by atoms with E-state index in [1.54, 1.807) is 0 Å². The maximum absolute atomic E-state index is 6.05. The van der Waals surface area contributed by atoms with Crippen molar-refractivity contribution in [3.05, 3.63) is 18.2 Å². The molecule has 0 bridgehead atoms. The van der Waals surface area contributed by atoms with Gasteiger partial charge in [-0.2, -0.15) is 0 Å². The number of fused-ring (bicyclic) bond motifs is 1. The van der Waals surface area contributed by atoms with Crippen molar-refractivity contribution in [2.45, 2.75) is 45.3 Å². The molecule has 2 aliphatic rings. The van der Waals surface area contributed by atoms with Crippen molar-refractivity contribution in [3.63, 3.8) is 0 Å². The van der Waals surface area contributed by atoms with Crippen molar-refractivity contribution in [2.75, 3.05) is 13.2 Å². The van der Waals surface area contributed by atoms with Gasteiger partial charge in [-0.25, -0.2) is 0 Å². The Bertz CT molecular complexity index is 497. The van der Waals surface area contributed by atoms with Gasteiger partial charge < -0.3 is 18.8 Å². The summed E-state index contributed by atoms with van der Waals surface area (Å²) in [5.74, 6) is 1.57. The molecule has 0 spiro atoms. The number of ether oxygens (including phenoxy) is 2. The molecule has 4 nitrogen and oxygen atoms in total. The largest absolute Gasteiger partial charge is 0.494 e. The zero-order valence-electron chi connectivity index (χ0n) is 12.6. The van der Waals surface area contributed by atoms with Gasteiger partial charge in [-0.05, 0) is 45.3 Å². The molecule has 0 aromatic heterocycles. The fourth-order valence-electron chi connectivity index (χ4n) is 2.31. The summed E-state index contributed by atoms with van der Waals surface area (Å²) in [5, 5.41) is 0. The molecule has 0 radical (unpaired) electrons. The third-order valence-corrected chi connectivity index (χ3v) is 4.30. The van der Waals surface area contributed by atoms with E-state index in [9.17, 15) is 0 Å². The first-order chi connectivity index (χ1) is 9.39. The highest BCUT2D eigenvalue weighted by Gasteiger charge is 2.51. The van der Waals surface area contributed by atoms with Crippen LogP contribution >= 0.6 is 0 Å². The summed E-state index contributed by atoms with van der Waals surface area (Å²) in [4.78, 5) is 0. The molecule has 5 heteroatoms. The highest BCUT2D eigenvalue weighted by Crippen LogP contribution is 2.37. The van der Waals surface area contributed by atoms with Crippen LogP contribution in [0.15, 0.2) is 18.2 Å². The molecule has 0 aliphatic carbocycles. The van der Waals surface area contributed by atoms with Gasteiger partial charge in [-0.3, -0.25) is 0 Å². The number of hydrogen-bond donors (Lipinski definition) is 0. The molecule has 0 atom stereocenters. The maximum Gasteiger partial charge on any atom is 0.494 e. The molecule has 1 aromatic carbocycles. The highest BCUT2D eigenvalue weighted by molar-refractivity contribution is 6.62. The average molecular weight is 276 g/mol. The van der Waals surface area contributed by atoms with Gasteiger partial charge in [0.25, 0.3) is 0 Å². The predicted molar refractivity (Wildman–Crippen MR) is 77.8 cm³/mol. The van der Waals surface area contributed by atoms with Gasteiger partial charge in [-0.15, -0.1) is 0 Å². The first kappa shape index (κ1) is 13.8. The van der Waals surface area contributed by atoms with Crippen molar-refractivity contribution < 1.29 is 18.8 Å². The van der Waals surface area contributed by atoms with E-state index in [1.807, 2.05) is 18.2 Å². The van der Waals surface area contributed by atoms with E-state index >= 15 is 0 Å². The normalized spacial score (nSPS) is 23.5. The second-order valence-corrected chi connectivity index (χ2v) is 6.34. The van der Waals surface area contributed by atoms with E-state index < -0.39 is 0 Å². The zero-order chi connectivity index (χ0) is 14.4. The van der Waals surface area contributed by atoms with Crippen molar-refractivity contribution in [2.24, 2.45) is 0 Å². The number of hydrogen-bond acceptors (Lipinski definition) is 4. The lowest BCUT2D eigenvalue weighted by molar-refractivity contribution is 0.00578. The summed E-state index contributed by atoms with van der Waals surface area (Å²) in [6.07, 6.45) is 0.903. The first-order valence-electron chi connectivity index (χ1n) is 7.14. The van der Waals surface area contributed by atoms with Crippen LogP contribution in [0.5, 0.6) is 11.5 Å². The fraction of sp³-hybridized carbons (Fsp3) is 0.600. The van der Waals surface area contributed by atoms with Gasteiger partial charge in [0.2, 0.25) is 0 Å². The fourth-order valence-corrected chi connectivity index (χ4v) is 2.31. The lowest BCUT2D eigenvalue weighted by atomic mass is 9.79. The van der Waals surface area contributed by atoms with Gasteiger partial charge in [-0.1, -0.05) is 6.07 Å². The molecule has 0 N–H and O–H groups in total. The molecule has 0 unspecified atom stereocenters. The molecule has 0 saturated carbocycles. The minimum Gasteiger partial charge on any atom is -0.490 e. The van der Waals surface area contributed by atoms with E-state index in [-0.39, 0.29) is 18.3 Å². The molecule has 1 aromatic rings. The van der Waals surface area contributed by atoms with Crippen LogP contribution in [0, 0.1) is 0 Å². The molecule has 2 heterocycles. The summed E-state index contributed by atoms with van der Waals surface area (Å²) >= 11 is 0. The summed E-state index contributed by atoms with van der Waals surface area (Å²) in [7, 11) is -0.364. The molecule has 2 aliphatic heterocycles. The van der Waals surface area contributed by atoms with Crippen LogP contribution in [0.4, 0.5) is 0 Å². The minimum atomic E-state index is -0.364. The number of benzene rings is 1. The topological polar surface area (TPSA) is 36.9 Å². The quantitative estimate of drug-likeness (QED) is 0.736. The van der Waals surface area contributed by atoms with E-state index in [4.69, 9.17) is 18.8 Å². The third-order valence-electron chi connectivity index (χ3n) is 4.30. The monoisotopic (exact) mass is 276 g/mol. The van der Waals surface area contributed by atoms with Crippen LogP contribution < -0.4 is 14.9 Å². The van der Waals surface area contributed by atoms with Crippen molar-refractivity contribution in [1.29, 1.82) is 0 Å². The average Bonchev–Trinajstić information content (AvgIpc) is 2.56. The Morgan fingerprint density at radius 1 is 0.900 bits per heavy atom. The van der Waals surface area contributed by atoms with Gasteiger partial charge in [0, 0.05) is 6.42 Å². The van der Waals surface area contributed by atoms with Gasteiger partial charge >= 0.3 is 7.12 Å².